The second kappa shape index (κ2) is 5.25. The second-order valence-electron chi connectivity index (χ2n) is 4.79. The molecule has 0 radical (unpaired) electrons. The summed E-state index contributed by atoms with van der Waals surface area (Å²) in [5.41, 5.74) is 4.24. The fraction of sp³-hybridized carbons (Fsp3) is 0.0588. The molecule has 2 aromatic carbocycles. The van der Waals surface area contributed by atoms with E-state index in [1.54, 1.807) is 0 Å². The zero-order chi connectivity index (χ0) is 14.8. The van der Waals surface area contributed by atoms with Crippen LogP contribution in [0.2, 0.25) is 0 Å². The number of carboxylic acids is 1. The average Bonchev–Trinajstić information content (AvgIpc) is 2.80. The largest absolute Gasteiger partial charge is 0.478 e. The fourth-order valence-electron chi connectivity index (χ4n) is 2.65. The maximum absolute atomic E-state index is 11.9. The van der Waals surface area contributed by atoms with E-state index in [9.17, 15) is 9.59 Å². The Labute approximate surface area is 121 Å². The molecule has 0 spiro atoms. The minimum Gasteiger partial charge on any atom is -0.478 e. The van der Waals surface area contributed by atoms with Crippen LogP contribution in [0.3, 0.4) is 0 Å². The first-order valence-electron chi connectivity index (χ1n) is 6.56. The highest BCUT2D eigenvalue weighted by molar-refractivity contribution is 5.95. The summed E-state index contributed by atoms with van der Waals surface area (Å²) in [6, 6.07) is 15.5. The Morgan fingerprint density at radius 3 is 1.95 bits per heavy atom. The monoisotopic (exact) mass is 279 g/mol. The normalized spacial score (nSPS) is 13.0. The second-order valence-corrected chi connectivity index (χ2v) is 4.79. The van der Waals surface area contributed by atoms with E-state index >= 15 is 0 Å². The smallest absolute Gasteiger partial charge is 0.328 e. The van der Waals surface area contributed by atoms with Crippen molar-refractivity contribution in [3.8, 4) is 11.1 Å². The molecule has 0 saturated carbocycles. The Morgan fingerprint density at radius 1 is 0.905 bits per heavy atom. The zero-order valence-electron chi connectivity index (χ0n) is 11.1. The molecule has 2 aromatic rings. The Balaban J connectivity index is 1.96. The molecule has 2 N–H and O–H groups in total. The molecule has 0 heterocycles. The molecule has 1 aliphatic rings. The Hall–Kier alpha value is -2.88. The first-order chi connectivity index (χ1) is 10.2. The van der Waals surface area contributed by atoms with E-state index in [1.807, 2.05) is 48.5 Å². The van der Waals surface area contributed by atoms with Crippen molar-refractivity contribution in [1.29, 1.82) is 0 Å². The number of hydrogen-bond donors (Lipinski definition) is 2. The summed E-state index contributed by atoms with van der Waals surface area (Å²) in [4.78, 5) is 22.3. The fourth-order valence-corrected chi connectivity index (χ4v) is 2.65. The highest BCUT2D eigenvalue weighted by Gasteiger charge is 2.28. The summed E-state index contributed by atoms with van der Waals surface area (Å²) in [7, 11) is 0. The van der Waals surface area contributed by atoms with Gasteiger partial charge < -0.3 is 10.4 Å². The highest BCUT2D eigenvalue weighted by atomic mass is 16.4. The summed E-state index contributed by atoms with van der Waals surface area (Å²) in [6.45, 7) is 0. The molecular weight excluding hydrogens is 266 g/mol. The number of carbonyl (C=O) groups excluding carboxylic acids is 1. The number of fused-ring (bicyclic) bond motifs is 3. The van der Waals surface area contributed by atoms with E-state index in [0.717, 1.165) is 34.4 Å². The van der Waals surface area contributed by atoms with Gasteiger partial charge in [0.1, 0.15) is 0 Å². The van der Waals surface area contributed by atoms with Crippen LogP contribution in [-0.2, 0) is 9.59 Å². The first kappa shape index (κ1) is 13.1. The van der Waals surface area contributed by atoms with Crippen LogP contribution in [0, 0.1) is 0 Å². The number of carbonyl (C=O) groups is 2. The van der Waals surface area contributed by atoms with E-state index < -0.39 is 11.9 Å². The highest BCUT2D eigenvalue weighted by Crippen LogP contribution is 2.42. The summed E-state index contributed by atoms with van der Waals surface area (Å²) in [5, 5.41) is 11.4. The number of carboxylic acid groups (broad SMARTS) is 1. The standard InChI is InChI=1S/C17H13NO3/c19-15(9-10-16(20)21)18-17-13-7-3-1-5-11(13)12-6-2-4-8-14(12)17/h1-10,17H,(H,18,19)(H,20,21)/b10-9-. The molecule has 0 unspecified atom stereocenters. The van der Waals surface area contributed by atoms with Crippen LogP contribution in [0.25, 0.3) is 11.1 Å². The molecule has 0 fully saturated rings. The number of benzene rings is 2. The third-order valence-corrected chi connectivity index (χ3v) is 3.50. The van der Waals surface area contributed by atoms with E-state index in [1.165, 1.54) is 0 Å². The van der Waals surface area contributed by atoms with Gasteiger partial charge in [0.05, 0.1) is 6.04 Å². The molecule has 0 atom stereocenters. The molecule has 0 saturated heterocycles. The Kier molecular flexibility index (Phi) is 3.28. The van der Waals surface area contributed by atoms with E-state index in [-0.39, 0.29) is 6.04 Å². The number of nitrogens with one attached hydrogen (secondary N) is 1. The van der Waals surface area contributed by atoms with Crippen LogP contribution >= 0.6 is 0 Å². The van der Waals surface area contributed by atoms with Gasteiger partial charge in [-0.05, 0) is 22.3 Å². The van der Waals surface area contributed by atoms with Crippen molar-refractivity contribution >= 4 is 11.9 Å². The molecule has 1 amide bonds. The number of hydrogen-bond acceptors (Lipinski definition) is 2. The van der Waals surface area contributed by atoms with Gasteiger partial charge in [-0.15, -0.1) is 0 Å². The summed E-state index contributed by atoms with van der Waals surface area (Å²) in [6.07, 6.45) is 1.87. The average molecular weight is 279 g/mol. The predicted molar refractivity (Wildman–Crippen MR) is 78.6 cm³/mol. The van der Waals surface area contributed by atoms with Crippen LogP contribution in [0.15, 0.2) is 60.7 Å². The lowest BCUT2D eigenvalue weighted by Crippen LogP contribution is -2.26. The minimum atomic E-state index is -1.14. The molecule has 3 rings (SSSR count). The topological polar surface area (TPSA) is 66.4 Å². The summed E-state index contributed by atoms with van der Waals surface area (Å²) >= 11 is 0. The molecule has 0 aromatic heterocycles. The molecule has 0 bridgehead atoms. The van der Waals surface area contributed by atoms with Crippen LogP contribution < -0.4 is 5.32 Å². The van der Waals surface area contributed by atoms with Crippen LogP contribution in [0.5, 0.6) is 0 Å². The Morgan fingerprint density at radius 2 is 1.43 bits per heavy atom. The van der Waals surface area contributed by atoms with Crippen molar-refractivity contribution in [2.24, 2.45) is 0 Å². The van der Waals surface area contributed by atoms with Crippen molar-refractivity contribution in [3.05, 3.63) is 71.8 Å². The van der Waals surface area contributed by atoms with Crippen molar-refractivity contribution in [2.45, 2.75) is 6.04 Å². The van der Waals surface area contributed by atoms with Crippen LogP contribution in [0.4, 0.5) is 0 Å². The number of amides is 1. The lowest BCUT2D eigenvalue weighted by Gasteiger charge is -2.14. The van der Waals surface area contributed by atoms with Crippen molar-refractivity contribution in [2.75, 3.05) is 0 Å². The summed E-state index contributed by atoms with van der Waals surface area (Å²) < 4.78 is 0. The van der Waals surface area contributed by atoms with Crippen molar-refractivity contribution in [1.82, 2.24) is 5.32 Å². The van der Waals surface area contributed by atoms with Gasteiger partial charge in [0.15, 0.2) is 0 Å². The maximum Gasteiger partial charge on any atom is 0.328 e. The van der Waals surface area contributed by atoms with Gasteiger partial charge in [-0.3, -0.25) is 4.79 Å². The van der Waals surface area contributed by atoms with Gasteiger partial charge in [0.25, 0.3) is 0 Å². The maximum atomic E-state index is 11.9. The van der Waals surface area contributed by atoms with Gasteiger partial charge in [0, 0.05) is 12.2 Å². The minimum absolute atomic E-state index is 0.247. The molecule has 1 aliphatic carbocycles. The van der Waals surface area contributed by atoms with Gasteiger partial charge in [0.2, 0.25) is 5.91 Å². The van der Waals surface area contributed by atoms with E-state index in [2.05, 4.69) is 5.32 Å². The molecule has 104 valence electrons. The molecule has 4 heteroatoms. The lowest BCUT2D eigenvalue weighted by atomic mass is 10.1. The van der Waals surface area contributed by atoms with Crippen molar-refractivity contribution in [3.63, 3.8) is 0 Å². The molecule has 4 nitrogen and oxygen atoms in total. The first-order valence-corrected chi connectivity index (χ1v) is 6.56. The molecular formula is C17H13NO3. The van der Waals surface area contributed by atoms with E-state index in [0.29, 0.717) is 0 Å². The van der Waals surface area contributed by atoms with Gasteiger partial charge in [-0.25, -0.2) is 4.79 Å². The van der Waals surface area contributed by atoms with Gasteiger partial charge in [-0.1, -0.05) is 48.5 Å². The van der Waals surface area contributed by atoms with Crippen LogP contribution in [0.1, 0.15) is 17.2 Å². The number of aliphatic carboxylic acids is 1. The molecule has 21 heavy (non-hydrogen) atoms. The zero-order valence-corrected chi connectivity index (χ0v) is 11.1. The summed E-state index contributed by atoms with van der Waals surface area (Å²) in [5.74, 6) is -1.56. The predicted octanol–water partition coefficient (Wildman–Crippen LogP) is 2.51. The number of rotatable bonds is 3. The lowest BCUT2D eigenvalue weighted by molar-refractivity contribution is -0.131. The van der Waals surface area contributed by atoms with Gasteiger partial charge in [-0.2, -0.15) is 0 Å². The quantitative estimate of drug-likeness (QED) is 0.848. The molecule has 0 aliphatic heterocycles. The van der Waals surface area contributed by atoms with E-state index in [4.69, 9.17) is 5.11 Å². The van der Waals surface area contributed by atoms with Crippen LogP contribution in [-0.4, -0.2) is 17.0 Å². The third kappa shape index (κ3) is 2.43. The third-order valence-electron chi connectivity index (χ3n) is 3.50. The van der Waals surface area contributed by atoms with Gasteiger partial charge >= 0.3 is 5.97 Å². The SMILES string of the molecule is O=C(O)/C=C\C(=O)NC1c2ccccc2-c2ccccc21. The van der Waals surface area contributed by atoms with Crippen molar-refractivity contribution < 1.29 is 14.7 Å². The Bertz CT molecular complexity index is 704.